The summed E-state index contributed by atoms with van der Waals surface area (Å²) in [6, 6.07) is 4.35. The van der Waals surface area contributed by atoms with Crippen molar-refractivity contribution in [2.45, 2.75) is 39.3 Å². The molecule has 0 bridgehead atoms. The van der Waals surface area contributed by atoms with Crippen molar-refractivity contribution in [2.24, 2.45) is 0 Å². The molecule has 0 aliphatic rings. The van der Waals surface area contributed by atoms with Crippen molar-refractivity contribution in [3.63, 3.8) is 0 Å². The van der Waals surface area contributed by atoms with Gasteiger partial charge in [-0.2, -0.15) is 0 Å². The average Bonchev–Trinajstić information content (AvgIpc) is 2.63. The van der Waals surface area contributed by atoms with Gasteiger partial charge in [0.15, 0.2) is 17.6 Å². The lowest BCUT2D eigenvalue weighted by Crippen LogP contribution is -2.48. The molecule has 0 fully saturated rings. The van der Waals surface area contributed by atoms with Crippen LogP contribution in [-0.4, -0.2) is 56.2 Å². The number of ether oxygens (including phenoxy) is 4. The van der Waals surface area contributed by atoms with E-state index in [-0.39, 0.29) is 13.0 Å². The van der Waals surface area contributed by atoms with Gasteiger partial charge in [0.2, 0.25) is 0 Å². The molecule has 0 aromatic heterocycles. The minimum atomic E-state index is -1.53. The normalized spacial score (nSPS) is 12.7. The second-order valence-electron chi connectivity index (χ2n) is 5.29. The van der Waals surface area contributed by atoms with E-state index >= 15 is 0 Å². The zero-order chi connectivity index (χ0) is 19.5. The summed E-state index contributed by atoms with van der Waals surface area (Å²) in [5, 5.41) is 12.7. The van der Waals surface area contributed by atoms with Crippen molar-refractivity contribution in [3.05, 3.63) is 23.8 Å². The first-order valence-electron chi connectivity index (χ1n) is 8.54. The number of hydrogen-bond acceptors (Lipinski definition) is 7. The molecule has 8 nitrogen and oxygen atoms in total. The fourth-order valence-corrected chi connectivity index (χ4v) is 2.32. The van der Waals surface area contributed by atoms with Gasteiger partial charge >= 0.3 is 12.1 Å². The Bertz CT molecular complexity index is 591. The molecule has 1 amide bonds. The number of benzene rings is 1. The number of amides is 1. The third-order valence-electron chi connectivity index (χ3n) is 3.46. The van der Waals surface area contributed by atoms with Crippen LogP contribution in [0.1, 0.15) is 26.3 Å². The van der Waals surface area contributed by atoms with Gasteiger partial charge in [0.1, 0.15) is 0 Å². The lowest BCUT2D eigenvalue weighted by atomic mass is 10.0. The lowest BCUT2D eigenvalue weighted by Gasteiger charge is -2.23. The van der Waals surface area contributed by atoms with Gasteiger partial charge in [-0.05, 0) is 44.9 Å². The zero-order valence-electron chi connectivity index (χ0n) is 15.6. The molecule has 1 aromatic rings. The van der Waals surface area contributed by atoms with Crippen LogP contribution in [-0.2, 0) is 20.7 Å². The molecule has 0 saturated heterocycles. The molecule has 0 saturated carbocycles. The first-order valence-corrected chi connectivity index (χ1v) is 8.54. The highest BCUT2D eigenvalue weighted by molar-refractivity contribution is 5.77. The Labute approximate surface area is 153 Å². The number of aliphatic hydroxyl groups excluding tert-OH is 1. The molecular formula is C18H27NO7. The van der Waals surface area contributed by atoms with E-state index in [0.717, 1.165) is 5.56 Å². The molecule has 0 radical (unpaired) electrons. The number of aliphatic hydroxyl groups is 1. The van der Waals surface area contributed by atoms with Crippen LogP contribution < -0.4 is 14.8 Å². The minimum Gasteiger partial charge on any atom is -0.490 e. The van der Waals surface area contributed by atoms with E-state index in [1.807, 2.05) is 13.8 Å². The Balaban J connectivity index is 3.03. The second kappa shape index (κ2) is 11.2. The van der Waals surface area contributed by atoms with Gasteiger partial charge in [0.05, 0.1) is 33.0 Å². The van der Waals surface area contributed by atoms with Crippen LogP contribution in [0.4, 0.5) is 4.79 Å². The summed E-state index contributed by atoms with van der Waals surface area (Å²) in [5.74, 6) is 0.334. The summed E-state index contributed by atoms with van der Waals surface area (Å²) in [5.41, 5.74) is 0.738. The van der Waals surface area contributed by atoms with E-state index in [4.69, 9.17) is 14.2 Å². The summed E-state index contributed by atoms with van der Waals surface area (Å²) < 4.78 is 20.5. The van der Waals surface area contributed by atoms with Gasteiger partial charge in [-0.1, -0.05) is 6.07 Å². The molecule has 2 unspecified atom stereocenters. The fourth-order valence-electron chi connectivity index (χ4n) is 2.32. The van der Waals surface area contributed by atoms with Crippen LogP contribution in [0.5, 0.6) is 11.5 Å². The predicted octanol–water partition coefficient (Wildman–Crippen LogP) is 1.68. The molecule has 2 atom stereocenters. The van der Waals surface area contributed by atoms with E-state index in [9.17, 15) is 14.7 Å². The Kier molecular flexibility index (Phi) is 9.29. The standard InChI is InChI=1S/C18H27NO7/c1-5-24-14-9-8-12(11-15(14)25-6-2)10-13(19-18(22)23-4)16(20)17(21)26-7-3/h8-9,11,13,16,20H,5-7,10H2,1-4H3,(H,19,22). The molecule has 0 aliphatic carbocycles. The van der Waals surface area contributed by atoms with E-state index in [1.54, 1.807) is 25.1 Å². The Hall–Kier alpha value is -2.48. The number of nitrogens with one attached hydrogen (secondary N) is 1. The SMILES string of the molecule is CCOC(=O)C(O)C(Cc1ccc(OCC)c(OCC)c1)NC(=O)OC. The van der Waals surface area contributed by atoms with Gasteiger partial charge < -0.3 is 29.4 Å². The van der Waals surface area contributed by atoms with Crippen molar-refractivity contribution >= 4 is 12.1 Å². The highest BCUT2D eigenvalue weighted by atomic mass is 16.6. The Morgan fingerprint density at radius 3 is 2.31 bits per heavy atom. The highest BCUT2D eigenvalue weighted by Crippen LogP contribution is 2.29. The quantitative estimate of drug-likeness (QED) is 0.605. The zero-order valence-corrected chi connectivity index (χ0v) is 15.6. The molecule has 0 heterocycles. The van der Waals surface area contributed by atoms with Crippen molar-refractivity contribution in [3.8, 4) is 11.5 Å². The third-order valence-corrected chi connectivity index (χ3v) is 3.46. The van der Waals surface area contributed by atoms with E-state index in [0.29, 0.717) is 24.7 Å². The van der Waals surface area contributed by atoms with Crippen molar-refractivity contribution in [1.29, 1.82) is 0 Å². The first kappa shape index (κ1) is 21.6. The largest absolute Gasteiger partial charge is 0.490 e. The van der Waals surface area contributed by atoms with Crippen LogP contribution in [0.25, 0.3) is 0 Å². The lowest BCUT2D eigenvalue weighted by molar-refractivity contribution is -0.154. The Morgan fingerprint density at radius 1 is 1.08 bits per heavy atom. The molecule has 1 rings (SSSR count). The molecule has 146 valence electrons. The monoisotopic (exact) mass is 369 g/mol. The number of alkyl carbamates (subject to hydrolysis) is 1. The first-order chi connectivity index (χ1) is 12.5. The summed E-state index contributed by atoms with van der Waals surface area (Å²) >= 11 is 0. The number of methoxy groups -OCH3 is 1. The highest BCUT2D eigenvalue weighted by Gasteiger charge is 2.29. The van der Waals surface area contributed by atoms with Crippen LogP contribution in [0.3, 0.4) is 0 Å². The Morgan fingerprint density at radius 2 is 1.73 bits per heavy atom. The maximum Gasteiger partial charge on any atom is 0.407 e. The van der Waals surface area contributed by atoms with Gasteiger partial charge in [0.25, 0.3) is 0 Å². The van der Waals surface area contributed by atoms with Gasteiger partial charge in [0, 0.05) is 0 Å². The van der Waals surface area contributed by atoms with Gasteiger partial charge in [-0.3, -0.25) is 0 Å². The third kappa shape index (κ3) is 6.44. The average molecular weight is 369 g/mol. The summed E-state index contributed by atoms with van der Waals surface area (Å²) in [6.07, 6.45) is -2.12. The molecular weight excluding hydrogens is 342 g/mol. The molecule has 26 heavy (non-hydrogen) atoms. The number of esters is 1. The maximum atomic E-state index is 11.8. The molecule has 0 spiro atoms. The van der Waals surface area contributed by atoms with Crippen LogP contribution in [0, 0.1) is 0 Å². The minimum absolute atomic E-state index is 0.123. The summed E-state index contributed by atoms with van der Waals surface area (Å²) in [6.45, 7) is 6.43. The summed E-state index contributed by atoms with van der Waals surface area (Å²) in [4.78, 5) is 23.4. The van der Waals surface area contributed by atoms with Crippen molar-refractivity contribution in [2.75, 3.05) is 26.9 Å². The van der Waals surface area contributed by atoms with Gasteiger partial charge in [-0.15, -0.1) is 0 Å². The number of rotatable bonds is 10. The molecule has 2 N–H and O–H groups in total. The number of carbonyl (C=O) groups excluding carboxylic acids is 2. The second-order valence-corrected chi connectivity index (χ2v) is 5.29. The maximum absolute atomic E-state index is 11.8. The molecule has 8 heteroatoms. The molecule has 1 aromatic carbocycles. The van der Waals surface area contributed by atoms with Crippen LogP contribution in [0.15, 0.2) is 18.2 Å². The topological polar surface area (TPSA) is 103 Å². The van der Waals surface area contributed by atoms with Crippen molar-refractivity contribution < 1.29 is 33.6 Å². The molecule has 0 aliphatic heterocycles. The van der Waals surface area contributed by atoms with Crippen LogP contribution in [0.2, 0.25) is 0 Å². The van der Waals surface area contributed by atoms with Crippen LogP contribution >= 0.6 is 0 Å². The van der Waals surface area contributed by atoms with Crippen molar-refractivity contribution in [1.82, 2.24) is 5.32 Å². The smallest absolute Gasteiger partial charge is 0.407 e. The van der Waals surface area contributed by atoms with E-state index in [2.05, 4.69) is 10.1 Å². The number of hydrogen-bond donors (Lipinski definition) is 2. The van der Waals surface area contributed by atoms with E-state index < -0.39 is 24.2 Å². The number of carbonyl (C=O) groups is 2. The fraction of sp³-hybridized carbons (Fsp3) is 0.556. The van der Waals surface area contributed by atoms with E-state index in [1.165, 1.54) is 7.11 Å². The van der Waals surface area contributed by atoms with Gasteiger partial charge in [-0.25, -0.2) is 9.59 Å². The predicted molar refractivity (Wildman–Crippen MR) is 94.5 cm³/mol. The summed E-state index contributed by atoms with van der Waals surface area (Å²) in [7, 11) is 1.20.